The van der Waals surface area contributed by atoms with Crippen molar-refractivity contribution in [2.75, 3.05) is 11.5 Å². The van der Waals surface area contributed by atoms with E-state index in [1.165, 1.54) is 0 Å². The molecule has 3 rings (SSSR count). The van der Waals surface area contributed by atoms with Gasteiger partial charge in [-0.1, -0.05) is 60.7 Å². The van der Waals surface area contributed by atoms with Gasteiger partial charge in [0, 0.05) is 12.3 Å². The molecule has 0 amide bonds. The molecule has 2 nitrogen and oxygen atoms in total. The van der Waals surface area contributed by atoms with Crippen molar-refractivity contribution in [2.45, 2.75) is 23.7 Å². The van der Waals surface area contributed by atoms with Crippen LogP contribution in [0.15, 0.2) is 60.7 Å². The minimum Gasteiger partial charge on any atom is -0.375 e. The van der Waals surface area contributed by atoms with Gasteiger partial charge in [0.2, 0.25) is 0 Å². The van der Waals surface area contributed by atoms with Gasteiger partial charge in [0.25, 0.3) is 0 Å². The first-order chi connectivity index (χ1) is 11.2. The molecular weight excluding hydrogens is 322 g/mol. The van der Waals surface area contributed by atoms with Crippen molar-refractivity contribution in [2.24, 2.45) is 0 Å². The van der Waals surface area contributed by atoms with Crippen LogP contribution in [0.25, 0.3) is 0 Å². The Morgan fingerprint density at radius 3 is 2.30 bits per heavy atom. The smallest absolute Gasteiger partial charge is 0.137 e. The van der Waals surface area contributed by atoms with E-state index in [9.17, 15) is 5.11 Å². The largest absolute Gasteiger partial charge is 0.375 e. The molecule has 4 heteroatoms. The number of nitrogens with one attached hydrogen (secondary N) is 1. The normalized spacial score (nSPS) is 26.1. The summed E-state index contributed by atoms with van der Waals surface area (Å²) in [6, 6.07) is 20.0. The molecule has 0 aliphatic carbocycles. The summed E-state index contributed by atoms with van der Waals surface area (Å²) in [4.78, 5) is -0.945. The summed E-state index contributed by atoms with van der Waals surface area (Å²) in [7, 11) is 0. The fourth-order valence-corrected chi connectivity index (χ4v) is 5.19. The van der Waals surface area contributed by atoms with Crippen LogP contribution in [0.4, 0.5) is 0 Å². The van der Waals surface area contributed by atoms with Gasteiger partial charge in [-0.25, -0.2) is 0 Å². The van der Waals surface area contributed by atoms with Crippen molar-refractivity contribution in [3.63, 3.8) is 0 Å². The van der Waals surface area contributed by atoms with Crippen molar-refractivity contribution in [3.8, 4) is 0 Å². The lowest BCUT2D eigenvalue weighted by Gasteiger charge is -2.31. The Balaban J connectivity index is 1.97. The summed E-state index contributed by atoms with van der Waals surface area (Å²) in [6.07, 6.45) is 1.55. The summed E-state index contributed by atoms with van der Waals surface area (Å²) in [5.41, 5.74) is 2.05. The Kier molecular flexibility index (Phi) is 5.46. The van der Waals surface area contributed by atoms with E-state index in [1.807, 2.05) is 48.5 Å². The number of benzene rings is 2. The van der Waals surface area contributed by atoms with Crippen LogP contribution in [0.1, 0.15) is 29.9 Å². The summed E-state index contributed by atoms with van der Waals surface area (Å²) in [5.74, 6) is 1.80. The average Bonchev–Trinajstić information content (AvgIpc) is 2.67. The highest BCUT2D eigenvalue weighted by Gasteiger charge is 2.36. The standard InChI is InChI=1S/C19H21NOS2/c20-18-17(15-8-3-1-4-9-15)14-19(21,23-13-7-12-22-18)16-10-5-2-6-11-16/h1-6,8-11,17,20-21H,7,12-14H2. The third-order valence-electron chi connectivity index (χ3n) is 4.11. The monoisotopic (exact) mass is 343 g/mol. The van der Waals surface area contributed by atoms with Crippen molar-refractivity contribution in [1.29, 1.82) is 5.41 Å². The molecule has 1 heterocycles. The van der Waals surface area contributed by atoms with E-state index < -0.39 is 4.93 Å². The van der Waals surface area contributed by atoms with Gasteiger partial charge in [0.1, 0.15) is 4.93 Å². The first kappa shape index (κ1) is 16.6. The fourth-order valence-electron chi connectivity index (χ4n) is 2.87. The molecule has 23 heavy (non-hydrogen) atoms. The minimum atomic E-state index is -0.945. The van der Waals surface area contributed by atoms with E-state index in [0.717, 1.165) is 29.1 Å². The van der Waals surface area contributed by atoms with Crippen LogP contribution in [-0.2, 0) is 4.93 Å². The predicted molar refractivity (Wildman–Crippen MR) is 101 cm³/mol. The van der Waals surface area contributed by atoms with E-state index >= 15 is 0 Å². The maximum atomic E-state index is 11.4. The molecule has 2 aromatic rings. The molecule has 1 aliphatic heterocycles. The second-order valence-electron chi connectivity index (χ2n) is 5.73. The zero-order valence-electron chi connectivity index (χ0n) is 12.9. The van der Waals surface area contributed by atoms with Gasteiger partial charge in [0.15, 0.2) is 0 Å². The Morgan fingerprint density at radius 1 is 0.957 bits per heavy atom. The van der Waals surface area contributed by atoms with Gasteiger partial charge in [-0.3, -0.25) is 5.41 Å². The van der Waals surface area contributed by atoms with Crippen LogP contribution in [0.2, 0.25) is 0 Å². The molecule has 2 atom stereocenters. The molecule has 120 valence electrons. The predicted octanol–water partition coefficient (Wildman–Crippen LogP) is 4.85. The lowest BCUT2D eigenvalue weighted by Crippen LogP contribution is -2.26. The maximum absolute atomic E-state index is 11.4. The lowest BCUT2D eigenvalue weighted by atomic mass is 9.91. The van der Waals surface area contributed by atoms with E-state index in [0.29, 0.717) is 11.5 Å². The van der Waals surface area contributed by atoms with Crippen LogP contribution < -0.4 is 0 Å². The van der Waals surface area contributed by atoms with Crippen LogP contribution >= 0.6 is 23.5 Å². The molecular formula is C19H21NOS2. The second kappa shape index (κ2) is 7.56. The third-order valence-corrected chi connectivity index (χ3v) is 6.57. The molecule has 1 aliphatic rings. The van der Waals surface area contributed by atoms with Crippen LogP contribution in [0.3, 0.4) is 0 Å². The van der Waals surface area contributed by atoms with Crippen LogP contribution in [0, 0.1) is 5.41 Å². The first-order valence-electron chi connectivity index (χ1n) is 7.87. The molecule has 1 saturated heterocycles. The fraction of sp³-hybridized carbons (Fsp3) is 0.316. The third kappa shape index (κ3) is 4.00. The molecule has 2 N–H and O–H groups in total. The zero-order chi connectivity index (χ0) is 16.1. The second-order valence-corrected chi connectivity index (χ2v) is 8.24. The summed E-state index contributed by atoms with van der Waals surface area (Å²) in [5, 5.41) is 20.5. The van der Waals surface area contributed by atoms with E-state index in [1.54, 1.807) is 23.5 Å². The Labute approximate surface area is 146 Å². The maximum Gasteiger partial charge on any atom is 0.137 e. The molecule has 2 aromatic carbocycles. The zero-order valence-corrected chi connectivity index (χ0v) is 14.6. The minimum absolute atomic E-state index is 0.0583. The van der Waals surface area contributed by atoms with E-state index in [4.69, 9.17) is 5.41 Å². The van der Waals surface area contributed by atoms with Gasteiger partial charge in [0.05, 0.1) is 5.04 Å². The molecule has 2 unspecified atom stereocenters. The quantitative estimate of drug-likeness (QED) is 0.819. The van der Waals surface area contributed by atoms with E-state index in [-0.39, 0.29) is 5.92 Å². The van der Waals surface area contributed by atoms with Crippen molar-refractivity contribution >= 4 is 28.6 Å². The molecule has 0 aromatic heterocycles. The topological polar surface area (TPSA) is 44.1 Å². The SMILES string of the molecule is N=C1SCCCSC(O)(c2ccccc2)CC1c1ccccc1. The van der Waals surface area contributed by atoms with E-state index in [2.05, 4.69) is 12.1 Å². The van der Waals surface area contributed by atoms with Crippen molar-refractivity contribution in [3.05, 3.63) is 71.8 Å². The Morgan fingerprint density at radius 2 is 1.61 bits per heavy atom. The molecule has 0 radical (unpaired) electrons. The molecule has 0 bridgehead atoms. The highest BCUT2D eigenvalue weighted by molar-refractivity contribution is 8.14. The molecule has 1 fully saturated rings. The van der Waals surface area contributed by atoms with Crippen LogP contribution in [0.5, 0.6) is 0 Å². The molecule has 0 saturated carbocycles. The van der Waals surface area contributed by atoms with Gasteiger partial charge >= 0.3 is 0 Å². The number of rotatable bonds is 2. The van der Waals surface area contributed by atoms with Gasteiger partial charge in [-0.2, -0.15) is 0 Å². The highest BCUT2D eigenvalue weighted by atomic mass is 32.2. The van der Waals surface area contributed by atoms with Crippen LogP contribution in [-0.4, -0.2) is 21.7 Å². The Hall–Kier alpha value is -1.23. The average molecular weight is 344 g/mol. The number of hydrogen-bond donors (Lipinski definition) is 2. The number of hydrogen-bond acceptors (Lipinski definition) is 4. The van der Waals surface area contributed by atoms with Gasteiger partial charge in [-0.05, 0) is 29.1 Å². The van der Waals surface area contributed by atoms with Gasteiger partial charge < -0.3 is 5.11 Å². The molecule has 0 spiro atoms. The lowest BCUT2D eigenvalue weighted by molar-refractivity contribution is 0.125. The van der Waals surface area contributed by atoms with Crippen molar-refractivity contribution < 1.29 is 5.11 Å². The summed E-state index contributed by atoms with van der Waals surface area (Å²) >= 11 is 3.24. The number of thioether (sulfide) groups is 2. The van der Waals surface area contributed by atoms with Gasteiger partial charge in [-0.15, -0.1) is 23.5 Å². The Bertz CT molecular complexity index is 647. The number of aliphatic hydroxyl groups is 1. The highest BCUT2D eigenvalue weighted by Crippen LogP contribution is 2.45. The first-order valence-corrected chi connectivity index (χ1v) is 9.84. The summed E-state index contributed by atoms with van der Waals surface area (Å²) < 4.78 is 0. The summed E-state index contributed by atoms with van der Waals surface area (Å²) in [6.45, 7) is 0. The van der Waals surface area contributed by atoms with Crippen molar-refractivity contribution in [1.82, 2.24) is 0 Å².